The summed E-state index contributed by atoms with van der Waals surface area (Å²) in [6.07, 6.45) is 0. The molecule has 12 heavy (non-hydrogen) atoms. The maximum atomic E-state index is 3.50. The molecule has 0 saturated carbocycles. The van der Waals surface area contributed by atoms with Crippen molar-refractivity contribution < 1.29 is 0 Å². The second-order valence-corrected chi connectivity index (χ2v) is 4.16. The van der Waals surface area contributed by atoms with Crippen LogP contribution < -0.4 is 5.32 Å². The molecule has 0 aromatic rings. The van der Waals surface area contributed by atoms with Crippen molar-refractivity contribution in [2.45, 2.75) is 19.0 Å². The fourth-order valence-electron chi connectivity index (χ4n) is 1.76. The number of rotatable bonds is 2. The Morgan fingerprint density at radius 2 is 2.17 bits per heavy atom. The molecule has 1 aliphatic rings. The third kappa shape index (κ3) is 2.73. The van der Waals surface area contributed by atoms with E-state index in [-0.39, 0.29) is 0 Å². The fraction of sp³-hybridized carbons (Fsp3) is 1.00. The summed E-state index contributed by atoms with van der Waals surface area (Å²) in [6.45, 7) is 5.67. The summed E-state index contributed by atoms with van der Waals surface area (Å²) < 4.78 is 0. The molecule has 3 nitrogen and oxygen atoms in total. The normalized spacial score (nSPS) is 32.8. The minimum Gasteiger partial charge on any atom is -0.311 e. The Labute approximate surface area is 75.7 Å². The van der Waals surface area contributed by atoms with Crippen molar-refractivity contribution in [3.05, 3.63) is 0 Å². The first-order valence-corrected chi connectivity index (χ1v) is 4.68. The van der Waals surface area contributed by atoms with Crippen LogP contribution in [0.1, 0.15) is 6.92 Å². The Kier molecular flexibility index (Phi) is 3.50. The van der Waals surface area contributed by atoms with Crippen molar-refractivity contribution in [1.82, 2.24) is 15.1 Å². The van der Waals surface area contributed by atoms with Gasteiger partial charge in [-0.15, -0.1) is 0 Å². The van der Waals surface area contributed by atoms with Crippen LogP contribution in [0.4, 0.5) is 0 Å². The van der Waals surface area contributed by atoms with Gasteiger partial charge >= 0.3 is 0 Å². The molecule has 1 heterocycles. The first-order valence-electron chi connectivity index (χ1n) is 4.68. The Bertz CT molecular complexity index is 136. The Morgan fingerprint density at radius 3 is 2.67 bits per heavy atom. The highest BCUT2D eigenvalue weighted by atomic mass is 15.2. The van der Waals surface area contributed by atoms with Crippen LogP contribution in [0.15, 0.2) is 0 Å². The Hall–Kier alpha value is -0.120. The minimum atomic E-state index is 0.647. The summed E-state index contributed by atoms with van der Waals surface area (Å²) in [4.78, 5) is 4.69. The quantitative estimate of drug-likeness (QED) is 0.623. The highest BCUT2D eigenvalue weighted by Gasteiger charge is 2.22. The van der Waals surface area contributed by atoms with Gasteiger partial charge in [0.15, 0.2) is 0 Å². The lowest BCUT2D eigenvalue weighted by molar-refractivity contribution is 0.141. The molecule has 2 unspecified atom stereocenters. The van der Waals surface area contributed by atoms with Gasteiger partial charge < -0.3 is 10.2 Å². The van der Waals surface area contributed by atoms with Gasteiger partial charge in [-0.1, -0.05) is 0 Å². The molecule has 0 amide bonds. The number of hydrogen-bond donors (Lipinski definition) is 1. The summed E-state index contributed by atoms with van der Waals surface area (Å²) >= 11 is 0. The van der Waals surface area contributed by atoms with Crippen LogP contribution >= 0.6 is 0 Å². The van der Waals surface area contributed by atoms with Gasteiger partial charge in [0.1, 0.15) is 0 Å². The van der Waals surface area contributed by atoms with E-state index in [9.17, 15) is 0 Å². The first-order chi connectivity index (χ1) is 5.59. The van der Waals surface area contributed by atoms with Crippen molar-refractivity contribution in [2.75, 3.05) is 40.8 Å². The topological polar surface area (TPSA) is 18.5 Å². The second-order valence-electron chi connectivity index (χ2n) is 4.16. The van der Waals surface area contributed by atoms with Gasteiger partial charge in [-0.05, 0) is 28.1 Å². The zero-order chi connectivity index (χ0) is 9.14. The smallest absolute Gasteiger partial charge is 0.0345 e. The first kappa shape index (κ1) is 9.96. The molecule has 0 bridgehead atoms. The molecule has 3 heteroatoms. The lowest BCUT2D eigenvalue weighted by Crippen LogP contribution is -2.56. The fourth-order valence-corrected chi connectivity index (χ4v) is 1.76. The lowest BCUT2D eigenvalue weighted by Gasteiger charge is -2.38. The Morgan fingerprint density at radius 1 is 1.50 bits per heavy atom. The number of likely N-dealkylation sites (N-methyl/N-ethyl adjacent to an activating group) is 2. The number of nitrogens with one attached hydrogen (secondary N) is 1. The average molecular weight is 171 g/mol. The molecule has 0 aromatic heterocycles. The molecular formula is C9H21N3. The van der Waals surface area contributed by atoms with E-state index >= 15 is 0 Å². The van der Waals surface area contributed by atoms with E-state index in [2.05, 4.69) is 43.2 Å². The number of nitrogens with zero attached hydrogens (tertiary/aromatic N) is 2. The van der Waals surface area contributed by atoms with Gasteiger partial charge in [0, 0.05) is 31.7 Å². The molecule has 0 radical (unpaired) electrons. The predicted molar refractivity (Wildman–Crippen MR) is 52.4 cm³/mol. The van der Waals surface area contributed by atoms with Crippen LogP contribution in [0.2, 0.25) is 0 Å². The lowest BCUT2D eigenvalue weighted by atomic mass is 10.1. The Balaban J connectivity index is 2.34. The molecule has 1 fully saturated rings. The predicted octanol–water partition coefficient (Wildman–Crippen LogP) is -0.160. The molecule has 1 saturated heterocycles. The van der Waals surface area contributed by atoms with E-state index in [1.54, 1.807) is 0 Å². The van der Waals surface area contributed by atoms with Crippen LogP contribution in [0.3, 0.4) is 0 Å². The van der Waals surface area contributed by atoms with Crippen LogP contribution in [0.25, 0.3) is 0 Å². The summed E-state index contributed by atoms with van der Waals surface area (Å²) in [5.41, 5.74) is 0. The van der Waals surface area contributed by atoms with Crippen molar-refractivity contribution in [2.24, 2.45) is 0 Å². The van der Waals surface area contributed by atoms with Gasteiger partial charge in [-0.3, -0.25) is 4.90 Å². The van der Waals surface area contributed by atoms with Gasteiger partial charge in [0.25, 0.3) is 0 Å². The van der Waals surface area contributed by atoms with E-state index in [0.29, 0.717) is 12.1 Å². The third-order valence-electron chi connectivity index (χ3n) is 2.46. The van der Waals surface area contributed by atoms with E-state index in [4.69, 9.17) is 0 Å². The zero-order valence-electron chi connectivity index (χ0n) is 8.67. The van der Waals surface area contributed by atoms with Crippen LogP contribution in [-0.4, -0.2) is 62.7 Å². The molecule has 0 spiro atoms. The molecule has 1 aliphatic heterocycles. The maximum Gasteiger partial charge on any atom is 0.0345 e. The van der Waals surface area contributed by atoms with E-state index < -0.39 is 0 Å². The summed E-state index contributed by atoms with van der Waals surface area (Å²) in [5, 5.41) is 3.50. The van der Waals surface area contributed by atoms with Crippen LogP contribution in [-0.2, 0) is 0 Å². The molecule has 1 N–H and O–H groups in total. The van der Waals surface area contributed by atoms with E-state index in [1.165, 1.54) is 6.54 Å². The number of hydrogen-bond acceptors (Lipinski definition) is 3. The van der Waals surface area contributed by atoms with E-state index in [0.717, 1.165) is 13.1 Å². The molecule has 1 rings (SSSR count). The molecule has 72 valence electrons. The molecule has 0 aliphatic carbocycles. The minimum absolute atomic E-state index is 0.647. The summed E-state index contributed by atoms with van der Waals surface area (Å²) in [6, 6.07) is 1.32. The maximum absolute atomic E-state index is 3.50. The highest BCUT2D eigenvalue weighted by molar-refractivity contribution is 4.83. The van der Waals surface area contributed by atoms with Gasteiger partial charge in [0.2, 0.25) is 0 Å². The molecule has 2 atom stereocenters. The average Bonchev–Trinajstić information content (AvgIpc) is 1.94. The zero-order valence-corrected chi connectivity index (χ0v) is 8.67. The van der Waals surface area contributed by atoms with Crippen molar-refractivity contribution >= 4 is 0 Å². The van der Waals surface area contributed by atoms with Crippen LogP contribution in [0, 0.1) is 0 Å². The summed E-state index contributed by atoms with van der Waals surface area (Å²) in [5.74, 6) is 0. The third-order valence-corrected chi connectivity index (χ3v) is 2.46. The monoisotopic (exact) mass is 171 g/mol. The van der Waals surface area contributed by atoms with Crippen molar-refractivity contribution in [3.63, 3.8) is 0 Å². The second kappa shape index (κ2) is 4.21. The van der Waals surface area contributed by atoms with Crippen molar-refractivity contribution in [1.29, 1.82) is 0 Å². The highest BCUT2D eigenvalue weighted by Crippen LogP contribution is 2.04. The van der Waals surface area contributed by atoms with Gasteiger partial charge in [0.05, 0.1) is 0 Å². The van der Waals surface area contributed by atoms with Crippen molar-refractivity contribution in [3.8, 4) is 0 Å². The van der Waals surface area contributed by atoms with Gasteiger partial charge in [-0.2, -0.15) is 0 Å². The largest absolute Gasteiger partial charge is 0.311 e. The summed E-state index contributed by atoms with van der Waals surface area (Å²) in [7, 11) is 6.48. The molecular weight excluding hydrogens is 150 g/mol. The standard InChI is InChI=1S/C9H21N3/c1-8-6-12(4)9(5-10-8)7-11(2)3/h8-10H,5-7H2,1-4H3. The van der Waals surface area contributed by atoms with Crippen LogP contribution in [0.5, 0.6) is 0 Å². The molecule has 0 aromatic carbocycles. The van der Waals surface area contributed by atoms with E-state index in [1.807, 2.05) is 0 Å². The van der Waals surface area contributed by atoms with Gasteiger partial charge in [-0.25, -0.2) is 0 Å². The SMILES string of the molecule is CC1CN(C)C(CN(C)C)CN1. The number of piperazine rings is 1.